The van der Waals surface area contributed by atoms with E-state index in [0.29, 0.717) is 22.7 Å². The average molecular weight is 412 g/mol. The number of hydrogen-bond donors (Lipinski definition) is 2. The third kappa shape index (κ3) is 5.62. The molecule has 1 unspecified atom stereocenters. The molecule has 0 radical (unpaired) electrons. The van der Waals surface area contributed by atoms with Crippen LogP contribution < -0.4 is 15.4 Å². The molecule has 0 saturated carbocycles. The van der Waals surface area contributed by atoms with Crippen molar-refractivity contribution in [2.75, 3.05) is 18.4 Å². The van der Waals surface area contributed by atoms with E-state index in [1.54, 1.807) is 42.5 Å². The molecule has 6 heteroatoms. The van der Waals surface area contributed by atoms with E-state index in [9.17, 15) is 4.79 Å². The Morgan fingerprint density at radius 2 is 1.77 bits per heavy atom. The number of carbonyl (C=O) groups excluding carboxylic acids is 1. The smallest absolute Gasteiger partial charge is 0.319 e. The van der Waals surface area contributed by atoms with Crippen LogP contribution in [0.4, 0.5) is 10.5 Å². The van der Waals surface area contributed by atoms with Gasteiger partial charge in [-0.2, -0.15) is 5.26 Å². The van der Waals surface area contributed by atoms with Gasteiger partial charge in [-0.05, 0) is 48.4 Å². The van der Waals surface area contributed by atoms with Gasteiger partial charge in [0, 0.05) is 31.4 Å². The zero-order valence-corrected chi connectivity index (χ0v) is 17.1. The Balaban J connectivity index is 1.26. The van der Waals surface area contributed by atoms with Crippen LogP contribution in [0.2, 0.25) is 0 Å². The van der Waals surface area contributed by atoms with Gasteiger partial charge in [-0.1, -0.05) is 42.5 Å². The van der Waals surface area contributed by atoms with Crippen LogP contribution in [-0.4, -0.2) is 30.1 Å². The van der Waals surface area contributed by atoms with Crippen LogP contribution in [0.3, 0.4) is 0 Å². The lowest BCUT2D eigenvalue weighted by molar-refractivity contribution is 0.247. The van der Waals surface area contributed by atoms with E-state index < -0.39 is 0 Å². The van der Waals surface area contributed by atoms with Crippen molar-refractivity contribution >= 4 is 11.7 Å². The molecule has 2 N–H and O–H groups in total. The van der Waals surface area contributed by atoms with Gasteiger partial charge in [0.15, 0.2) is 0 Å². The van der Waals surface area contributed by atoms with Crippen LogP contribution in [0.15, 0.2) is 78.9 Å². The van der Waals surface area contributed by atoms with Crippen LogP contribution in [-0.2, 0) is 6.54 Å². The number of rotatable bonds is 6. The summed E-state index contributed by atoms with van der Waals surface area (Å²) in [6.07, 6.45) is 0.936. The molecule has 4 rings (SSSR count). The van der Waals surface area contributed by atoms with E-state index in [4.69, 9.17) is 10.00 Å². The average Bonchev–Trinajstić information content (AvgIpc) is 3.22. The molecule has 1 fully saturated rings. The SMILES string of the molecule is N#Cc1ccccc1Oc1ccc(NC(=O)NC2CCN(Cc3ccccc3)C2)cc1. The predicted molar refractivity (Wildman–Crippen MR) is 120 cm³/mol. The lowest BCUT2D eigenvalue weighted by Gasteiger charge is -2.17. The van der Waals surface area contributed by atoms with Gasteiger partial charge in [0.1, 0.15) is 17.6 Å². The summed E-state index contributed by atoms with van der Waals surface area (Å²) in [6.45, 7) is 2.71. The normalized spacial score (nSPS) is 15.8. The van der Waals surface area contributed by atoms with Gasteiger partial charge in [-0.25, -0.2) is 4.79 Å². The standard InChI is InChI=1S/C25H24N4O2/c26-16-20-8-4-5-9-24(20)31-23-12-10-21(11-13-23)27-25(30)28-22-14-15-29(18-22)17-19-6-2-1-3-7-19/h1-13,22H,14-15,17-18H2,(H2,27,28,30). The molecular formula is C25H24N4O2. The highest BCUT2D eigenvalue weighted by molar-refractivity contribution is 5.89. The molecule has 156 valence electrons. The highest BCUT2D eigenvalue weighted by Crippen LogP contribution is 2.25. The van der Waals surface area contributed by atoms with Crippen LogP contribution in [0.25, 0.3) is 0 Å². The molecular weight excluding hydrogens is 388 g/mol. The van der Waals surface area contributed by atoms with Gasteiger partial charge in [0.2, 0.25) is 0 Å². The molecule has 1 saturated heterocycles. The third-order valence-corrected chi connectivity index (χ3v) is 5.20. The first kappa shape index (κ1) is 20.5. The molecule has 0 aromatic heterocycles. The van der Waals surface area contributed by atoms with Crippen molar-refractivity contribution in [3.05, 3.63) is 90.0 Å². The number of urea groups is 1. The van der Waals surface area contributed by atoms with Crippen LogP contribution in [0, 0.1) is 11.3 Å². The number of ether oxygens (including phenoxy) is 1. The highest BCUT2D eigenvalue weighted by Gasteiger charge is 2.23. The van der Waals surface area contributed by atoms with Crippen molar-refractivity contribution in [1.29, 1.82) is 5.26 Å². The Hall–Kier alpha value is -3.82. The van der Waals surface area contributed by atoms with E-state index in [1.165, 1.54) is 5.56 Å². The number of carbonyl (C=O) groups is 1. The summed E-state index contributed by atoms with van der Waals surface area (Å²) in [6, 6.07) is 26.6. The molecule has 1 aliphatic rings. The first-order chi connectivity index (χ1) is 15.2. The van der Waals surface area contributed by atoms with Gasteiger partial charge in [-0.3, -0.25) is 4.90 Å². The van der Waals surface area contributed by atoms with Crippen molar-refractivity contribution in [1.82, 2.24) is 10.2 Å². The minimum atomic E-state index is -0.213. The number of nitrogens with zero attached hydrogens (tertiary/aromatic N) is 2. The maximum absolute atomic E-state index is 12.4. The Labute approximate surface area is 182 Å². The van der Waals surface area contributed by atoms with Gasteiger partial charge in [0.05, 0.1) is 5.56 Å². The van der Waals surface area contributed by atoms with Crippen molar-refractivity contribution in [2.45, 2.75) is 19.0 Å². The Morgan fingerprint density at radius 3 is 2.55 bits per heavy atom. The molecule has 1 atom stereocenters. The number of anilines is 1. The zero-order valence-electron chi connectivity index (χ0n) is 17.1. The summed E-state index contributed by atoms with van der Waals surface area (Å²) in [5, 5.41) is 15.1. The Bertz CT molecular complexity index is 1060. The first-order valence-corrected chi connectivity index (χ1v) is 10.3. The maximum Gasteiger partial charge on any atom is 0.319 e. The zero-order chi connectivity index (χ0) is 21.5. The Kier molecular flexibility index (Phi) is 6.46. The lowest BCUT2D eigenvalue weighted by atomic mass is 10.2. The van der Waals surface area contributed by atoms with E-state index in [2.05, 4.69) is 33.7 Å². The van der Waals surface area contributed by atoms with Gasteiger partial charge < -0.3 is 15.4 Å². The van der Waals surface area contributed by atoms with Crippen LogP contribution >= 0.6 is 0 Å². The van der Waals surface area contributed by atoms with Crippen molar-refractivity contribution < 1.29 is 9.53 Å². The largest absolute Gasteiger partial charge is 0.456 e. The molecule has 1 heterocycles. The van der Waals surface area contributed by atoms with E-state index in [0.717, 1.165) is 26.1 Å². The van der Waals surface area contributed by atoms with Gasteiger partial charge >= 0.3 is 6.03 Å². The second-order valence-electron chi connectivity index (χ2n) is 7.54. The minimum absolute atomic E-state index is 0.133. The van der Waals surface area contributed by atoms with Gasteiger partial charge in [-0.15, -0.1) is 0 Å². The van der Waals surface area contributed by atoms with E-state index in [1.807, 2.05) is 24.3 Å². The fourth-order valence-corrected chi connectivity index (χ4v) is 3.67. The number of benzene rings is 3. The topological polar surface area (TPSA) is 77.4 Å². The second kappa shape index (κ2) is 9.79. The maximum atomic E-state index is 12.4. The number of nitriles is 1. The van der Waals surface area contributed by atoms with Crippen LogP contribution in [0.1, 0.15) is 17.5 Å². The van der Waals surface area contributed by atoms with Crippen molar-refractivity contribution in [3.63, 3.8) is 0 Å². The predicted octanol–water partition coefficient (Wildman–Crippen LogP) is 4.75. The van der Waals surface area contributed by atoms with Gasteiger partial charge in [0.25, 0.3) is 0 Å². The number of likely N-dealkylation sites (tertiary alicyclic amines) is 1. The summed E-state index contributed by atoms with van der Waals surface area (Å²) >= 11 is 0. The molecule has 31 heavy (non-hydrogen) atoms. The number of amides is 2. The number of nitrogens with one attached hydrogen (secondary N) is 2. The molecule has 0 bridgehead atoms. The summed E-state index contributed by atoms with van der Waals surface area (Å²) in [7, 11) is 0. The molecule has 2 amide bonds. The number of hydrogen-bond acceptors (Lipinski definition) is 4. The molecule has 3 aromatic rings. The number of para-hydroxylation sites is 1. The molecule has 0 spiro atoms. The Morgan fingerprint density at radius 1 is 1.03 bits per heavy atom. The summed E-state index contributed by atoms with van der Waals surface area (Å²) in [4.78, 5) is 14.7. The lowest BCUT2D eigenvalue weighted by Crippen LogP contribution is -2.39. The quantitative estimate of drug-likeness (QED) is 0.613. The van der Waals surface area contributed by atoms with E-state index in [-0.39, 0.29) is 12.1 Å². The molecule has 0 aliphatic carbocycles. The van der Waals surface area contributed by atoms with E-state index >= 15 is 0 Å². The fraction of sp³-hybridized carbons (Fsp3) is 0.200. The summed E-state index contributed by atoms with van der Waals surface area (Å²) < 4.78 is 5.77. The molecule has 1 aliphatic heterocycles. The molecule has 3 aromatic carbocycles. The van der Waals surface area contributed by atoms with Crippen molar-refractivity contribution in [3.8, 4) is 17.6 Å². The summed E-state index contributed by atoms with van der Waals surface area (Å²) in [5.41, 5.74) is 2.44. The van der Waals surface area contributed by atoms with Crippen LogP contribution in [0.5, 0.6) is 11.5 Å². The molecule has 6 nitrogen and oxygen atoms in total. The van der Waals surface area contributed by atoms with Crippen molar-refractivity contribution in [2.24, 2.45) is 0 Å². The second-order valence-corrected chi connectivity index (χ2v) is 7.54. The fourth-order valence-electron chi connectivity index (χ4n) is 3.67. The first-order valence-electron chi connectivity index (χ1n) is 10.3. The third-order valence-electron chi connectivity index (χ3n) is 5.20. The monoisotopic (exact) mass is 412 g/mol. The highest BCUT2D eigenvalue weighted by atomic mass is 16.5. The summed E-state index contributed by atoms with van der Waals surface area (Å²) in [5.74, 6) is 1.10. The minimum Gasteiger partial charge on any atom is -0.456 e.